The van der Waals surface area contributed by atoms with Gasteiger partial charge in [0.25, 0.3) is 11.8 Å². The number of carbonyl (C=O) groups excluding carboxylic acids is 2. The number of hydrogen-bond acceptors (Lipinski definition) is 5. The van der Waals surface area contributed by atoms with Crippen LogP contribution in [0.3, 0.4) is 0 Å². The molecule has 2 aromatic rings. The Balaban J connectivity index is 1.77. The van der Waals surface area contributed by atoms with Crippen LogP contribution in [0.25, 0.3) is 0 Å². The highest BCUT2D eigenvalue weighted by Crippen LogP contribution is 2.21. The molecule has 0 unspecified atom stereocenters. The lowest BCUT2D eigenvalue weighted by Gasteiger charge is -2.36. The van der Waals surface area contributed by atoms with Crippen molar-refractivity contribution in [1.29, 1.82) is 0 Å². The second kappa shape index (κ2) is 11.9. The third-order valence-electron chi connectivity index (χ3n) is 6.14. The van der Waals surface area contributed by atoms with E-state index in [2.05, 4.69) is 37.9 Å². The average molecular weight is 483 g/mol. The first kappa shape index (κ1) is 26.3. The summed E-state index contributed by atoms with van der Waals surface area (Å²) in [5.74, 6) is 0.793. The summed E-state index contributed by atoms with van der Waals surface area (Å²) < 4.78 is 7.02. The van der Waals surface area contributed by atoms with Gasteiger partial charge in [-0.05, 0) is 42.5 Å². The van der Waals surface area contributed by atoms with Crippen molar-refractivity contribution in [3.05, 3.63) is 58.0 Å². The monoisotopic (exact) mass is 482 g/mol. The molecule has 8 heteroatoms. The van der Waals surface area contributed by atoms with Crippen LogP contribution in [0.5, 0.6) is 5.75 Å². The van der Waals surface area contributed by atoms with Crippen molar-refractivity contribution in [2.45, 2.75) is 40.7 Å². The fraction of sp³-hybridized carbons (Fsp3) is 0.519. The van der Waals surface area contributed by atoms with Crippen LogP contribution >= 0.6 is 0 Å². The van der Waals surface area contributed by atoms with Gasteiger partial charge in [0.2, 0.25) is 5.43 Å². The van der Waals surface area contributed by atoms with Crippen LogP contribution in [-0.4, -0.2) is 61.1 Å². The van der Waals surface area contributed by atoms with Gasteiger partial charge in [0.05, 0.1) is 7.11 Å². The highest BCUT2D eigenvalue weighted by atomic mass is 16.5. The van der Waals surface area contributed by atoms with Crippen LogP contribution in [0.4, 0.5) is 5.69 Å². The van der Waals surface area contributed by atoms with Crippen LogP contribution < -0.4 is 20.4 Å². The molecule has 0 radical (unpaired) electrons. The van der Waals surface area contributed by atoms with Gasteiger partial charge >= 0.3 is 0 Å². The number of piperazine rings is 1. The molecule has 1 aliphatic rings. The molecule has 2 heterocycles. The molecule has 190 valence electrons. The Morgan fingerprint density at radius 1 is 0.943 bits per heavy atom. The van der Waals surface area contributed by atoms with Gasteiger partial charge in [0, 0.05) is 57.3 Å². The van der Waals surface area contributed by atoms with Crippen LogP contribution in [0.1, 0.15) is 54.8 Å². The molecular formula is C27H38N4O4. The van der Waals surface area contributed by atoms with E-state index in [1.54, 1.807) is 29.0 Å². The van der Waals surface area contributed by atoms with E-state index < -0.39 is 11.3 Å². The molecule has 0 bridgehead atoms. The minimum Gasteiger partial charge on any atom is -0.497 e. The molecule has 8 nitrogen and oxygen atoms in total. The first-order valence-electron chi connectivity index (χ1n) is 12.4. The van der Waals surface area contributed by atoms with Crippen molar-refractivity contribution in [2.24, 2.45) is 11.8 Å². The van der Waals surface area contributed by atoms with Gasteiger partial charge in [0.1, 0.15) is 16.9 Å². The van der Waals surface area contributed by atoms with Crippen molar-refractivity contribution in [1.82, 2.24) is 14.8 Å². The second-order valence-electron chi connectivity index (χ2n) is 9.92. The number of aromatic nitrogens is 1. The molecule has 0 atom stereocenters. The highest BCUT2D eigenvalue weighted by Gasteiger charge is 2.26. The topological polar surface area (TPSA) is 83.9 Å². The minimum atomic E-state index is -0.505. The Kier molecular flexibility index (Phi) is 8.95. The molecule has 1 N–H and O–H groups in total. The third kappa shape index (κ3) is 6.87. The Bertz CT molecular complexity index is 1070. The summed E-state index contributed by atoms with van der Waals surface area (Å²) in [4.78, 5) is 43.4. The molecule has 1 aromatic carbocycles. The molecule has 0 saturated carbocycles. The summed E-state index contributed by atoms with van der Waals surface area (Å²) in [6.45, 7) is 11.7. The third-order valence-corrected chi connectivity index (χ3v) is 6.14. The number of anilines is 1. The summed E-state index contributed by atoms with van der Waals surface area (Å²) in [6, 6.07) is 7.84. The first-order chi connectivity index (χ1) is 16.7. The average Bonchev–Trinajstić information content (AvgIpc) is 2.84. The van der Waals surface area contributed by atoms with E-state index in [9.17, 15) is 14.4 Å². The number of pyridine rings is 1. The van der Waals surface area contributed by atoms with Crippen LogP contribution in [0, 0.1) is 11.8 Å². The molecular weight excluding hydrogens is 444 g/mol. The maximum atomic E-state index is 13.4. The summed E-state index contributed by atoms with van der Waals surface area (Å²) in [5.41, 5.74) is 0.643. The number of nitrogens with one attached hydrogen (secondary N) is 1. The predicted octanol–water partition coefficient (Wildman–Crippen LogP) is 3.25. The number of amides is 2. The van der Waals surface area contributed by atoms with Gasteiger partial charge < -0.3 is 24.4 Å². The predicted molar refractivity (Wildman–Crippen MR) is 138 cm³/mol. The minimum absolute atomic E-state index is 0.0251. The van der Waals surface area contributed by atoms with Gasteiger partial charge in [-0.25, -0.2) is 0 Å². The summed E-state index contributed by atoms with van der Waals surface area (Å²) in [6.07, 6.45) is 4.00. The molecule has 2 amide bonds. The lowest BCUT2D eigenvalue weighted by molar-refractivity contribution is 0.0744. The standard InChI is InChI=1S/C27H38N4O4/c1-19(2)10-11-28-26(33)23-17-29(16-20(3)4)18-24(25(23)32)27(34)31-14-12-30(13-15-31)21-6-8-22(35-5)9-7-21/h6-9,17-20H,10-16H2,1-5H3,(H,28,33). The van der Waals surface area contributed by atoms with E-state index in [0.29, 0.717) is 51.1 Å². The normalized spacial score (nSPS) is 13.9. The molecule has 1 aliphatic heterocycles. The quantitative estimate of drug-likeness (QED) is 0.593. The molecule has 0 spiro atoms. The highest BCUT2D eigenvalue weighted by molar-refractivity contribution is 5.99. The zero-order valence-electron chi connectivity index (χ0n) is 21.5. The molecule has 1 saturated heterocycles. The Hall–Kier alpha value is -3.29. The SMILES string of the molecule is COc1ccc(N2CCN(C(=O)c3cn(CC(C)C)cc(C(=O)NCCC(C)C)c3=O)CC2)cc1. The summed E-state index contributed by atoms with van der Waals surface area (Å²) in [5, 5.41) is 2.84. The van der Waals surface area contributed by atoms with Gasteiger partial charge in [-0.2, -0.15) is 0 Å². The fourth-order valence-corrected chi connectivity index (χ4v) is 4.17. The van der Waals surface area contributed by atoms with E-state index in [4.69, 9.17) is 4.74 Å². The summed E-state index contributed by atoms with van der Waals surface area (Å²) >= 11 is 0. The zero-order valence-corrected chi connectivity index (χ0v) is 21.5. The van der Waals surface area contributed by atoms with Crippen molar-refractivity contribution in [3.8, 4) is 5.75 Å². The maximum absolute atomic E-state index is 13.4. The lowest BCUT2D eigenvalue weighted by atomic mass is 10.1. The zero-order chi connectivity index (χ0) is 25.5. The largest absolute Gasteiger partial charge is 0.497 e. The molecule has 1 fully saturated rings. The Labute approximate surface area is 207 Å². The number of hydrogen-bond donors (Lipinski definition) is 1. The Morgan fingerprint density at radius 2 is 1.57 bits per heavy atom. The van der Waals surface area contributed by atoms with Gasteiger partial charge in [0.15, 0.2) is 0 Å². The fourth-order valence-electron chi connectivity index (χ4n) is 4.17. The van der Waals surface area contributed by atoms with E-state index in [-0.39, 0.29) is 17.0 Å². The van der Waals surface area contributed by atoms with Crippen LogP contribution in [0.15, 0.2) is 41.5 Å². The Morgan fingerprint density at radius 3 is 2.14 bits per heavy atom. The van der Waals surface area contributed by atoms with E-state index in [0.717, 1.165) is 17.9 Å². The lowest BCUT2D eigenvalue weighted by Crippen LogP contribution is -2.50. The van der Waals surface area contributed by atoms with Crippen molar-refractivity contribution in [2.75, 3.05) is 44.7 Å². The molecule has 35 heavy (non-hydrogen) atoms. The van der Waals surface area contributed by atoms with Gasteiger partial charge in [-0.3, -0.25) is 14.4 Å². The number of carbonyl (C=O) groups is 2. The maximum Gasteiger partial charge on any atom is 0.259 e. The van der Waals surface area contributed by atoms with Crippen molar-refractivity contribution < 1.29 is 14.3 Å². The van der Waals surface area contributed by atoms with Gasteiger partial charge in [-0.1, -0.05) is 27.7 Å². The van der Waals surface area contributed by atoms with Crippen LogP contribution in [-0.2, 0) is 6.54 Å². The number of ether oxygens (including phenoxy) is 1. The van der Waals surface area contributed by atoms with E-state index >= 15 is 0 Å². The van der Waals surface area contributed by atoms with E-state index in [1.807, 2.05) is 24.3 Å². The second-order valence-corrected chi connectivity index (χ2v) is 9.92. The van der Waals surface area contributed by atoms with Crippen LogP contribution in [0.2, 0.25) is 0 Å². The van der Waals surface area contributed by atoms with Gasteiger partial charge in [-0.15, -0.1) is 0 Å². The van der Waals surface area contributed by atoms with Crippen molar-refractivity contribution in [3.63, 3.8) is 0 Å². The smallest absolute Gasteiger partial charge is 0.259 e. The number of rotatable bonds is 9. The van der Waals surface area contributed by atoms with E-state index in [1.165, 1.54) is 0 Å². The first-order valence-corrected chi connectivity index (χ1v) is 12.4. The number of nitrogens with zero attached hydrogens (tertiary/aromatic N) is 3. The number of benzene rings is 1. The molecule has 3 rings (SSSR count). The molecule has 1 aromatic heterocycles. The number of methoxy groups -OCH3 is 1. The van der Waals surface area contributed by atoms with Crippen molar-refractivity contribution >= 4 is 17.5 Å². The summed E-state index contributed by atoms with van der Waals surface area (Å²) in [7, 11) is 1.64. The molecule has 0 aliphatic carbocycles.